The number of amides is 1. The van der Waals surface area contributed by atoms with E-state index in [1.807, 2.05) is 18.2 Å². The molecule has 1 amide bonds. The number of ether oxygens (including phenoxy) is 1. The van der Waals surface area contributed by atoms with E-state index < -0.39 is 5.97 Å². The topological polar surface area (TPSA) is 108 Å². The van der Waals surface area contributed by atoms with Crippen LogP contribution in [0.5, 0.6) is 0 Å². The Hall–Kier alpha value is -2.11. The zero-order valence-corrected chi connectivity index (χ0v) is 22.5. The van der Waals surface area contributed by atoms with Crippen molar-refractivity contribution in [2.24, 2.45) is 5.92 Å². The first kappa shape index (κ1) is 28.9. The molecular formula is C29H38LiN3O5. The number of likely N-dealkylation sites (tertiary alicyclic amines) is 1. The number of rotatable bonds is 12. The summed E-state index contributed by atoms with van der Waals surface area (Å²) in [6, 6.07) is 7.98. The first-order valence-corrected chi connectivity index (χ1v) is 14.0. The van der Waals surface area contributed by atoms with Crippen LogP contribution in [0.1, 0.15) is 84.8 Å². The summed E-state index contributed by atoms with van der Waals surface area (Å²) in [5.74, 6) is -0.504. The number of piperidine rings is 1. The van der Waals surface area contributed by atoms with E-state index in [2.05, 4.69) is 21.3 Å². The molecular weight excluding hydrogens is 477 g/mol. The average Bonchev–Trinajstić information content (AvgIpc) is 3.65. The van der Waals surface area contributed by atoms with Crippen LogP contribution >= 0.6 is 0 Å². The number of carboxylic acids is 1. The summed E-state index contributed by atoms with van der Waals surface area (Å²) in [6.07, 6.45) is 10.8. The Morgan fingerprint density at radius 2 is 1.82 bits per heavy atom. The standard InChI is InChI=1S/C29H39N3O5.Li/c33-26(34)13-10-20-8-2-3-9-21(20)18-22-24-11-12-25(37-24)27(22)29-31-23(19-36-29)28(35)30-14-4-7-17-32-15-5-1-6-16-32;/h2-3,8-9,19,22,24-25,27H,1,4-7,10-18H2,(H,30,35)(H,33,34);/q;+1/p-1/t22-,24-,25+,27-;/m0./s1. The first-order valence-electron chi connectivity index (χ1n) is 14.0. The van der Waals surface area contributed by atoms with Crippen molar-refractivity contribution in [2.75, 3.05) is 26.2 Å². The third-order valence-electron chi connectivity index (χ3n) is 8.27. The molecule has 0 radical (unpaired) electrons. The van der Waals surface area contributed by atoms with Gasteiger partial charge in [-0.15, -0.1) is 0 Å². The fourth-order valence-electron chi connectivity index (χ4n) is 6.35. The average molecular weight is 516 g/mol. The van der Waals surface area contributed by atoms with Crippen LogP contribution in [0.15, 0.2) is 34.9 Å². The second-order valence-corrected chi connectivity index (χ2v) is 10.8. The van der Waals surface area contributed by atoms with Gasteiger partial charge in [0, 0.05) is 18.4 Å². The van der Waals surface area contributed by atoms with Gasteiger partial charge in [-0.2, -0.15) is 0 Å². The van der Waals surface area contributed by atoms with E-state index >= 15 is 0 Å². The van der Waals surface area contributed by atoms with Crippen molar-refractivity contribution in [3.8, 4) is 0 Å². The fourth-order valence-corrected chi connectivity index (χ4v) is 6.35. The largest absolute Gasteiger partial charge is 1.00 e. The van der Waals surface area contributed by atoms with E-state index in [0.29, 0.717) is 24.6 Å². The molecule has 4 atom stereocenters. The molecule has 3 aliphatic rings. The molecule has 1 N–H and O–H groups in total. The van der Waals surface area contributed by atoms with Gasteiger partial charge >= 0.3 is 18.9 Å². The quantitative estimate of drug-likeness (QED) is 0.310. The van der Waals surface area contributed by atoms with Gasteiger partial charge in [-0.25, -0.2) is 4.98 Å². The number of benzene rings is 1. The van der Waals surface area contributed by atoms with Gasteiger partial charge in [-0.1, -0.05) is 30.7 Å². The Labute approximate surface area is 237 Å². The number of aromatic nitrogens is 1. The van der Waals surface area contributed by atoms with E-state index in [0.717, 1.165) is 49.8 Å². The summed E-state index contributed by atoms with van der Waals surface area (Å²) in [7, 11) is 0. The van der Waals surface area contributed by atoms with Crippen LogP contribution in [0.3, 0.4) is 0 Å². The zero-order chi connectivity index (χ0) is 25.6. The summed E-state index contributed by atoms with van der Waals surface area (Å²) in [6.45, 7) is 4.14. The summed E-state index contributed by atoms with van der Waals surface area (Å²) >= 11 is 0. The Morgan fingerprint density at radius 3 is 2.61 bits per heavy atom. The number of nitrogens with zero attached hydrogens (tertiary/aromatic N) is 2. The van der Waals surface area contributed by atoms with Gasteiger partial charge in [0.1, 0.15) is 6.26 Å². The van der Waals surface area contributed by atoms with Gasteiger partial charge in [-0.3, -0.25) is 4.79 Å². The Kier molecular flexibility index (Phi) is 10.5. The maximum atomic E-state index is 12.7. The van der Waals surface area contributed by atoms with Crippen LogP contribution in [0.25, 0.3) is 0 Å². The van der Waals surface area contributed by atoms with Crippen LogP contribution in [0, 0.1) is 5.92 Å². The molecule has 9 heteroatoms. The predicted octanol–water partition coefficient (Wildman–Crippen LogP) is -0.139. The van der Waals surface area contributed by atoms with Crippen molar-refractivity contribution in [1.29, 1.82) is 0 Å². The molecule has 0 aliphatic carbocycles. The van der Waals surface area contributed by atoms with Crippen LogP contribution in [0.2, 0.25) is 0 Å². The van der Waals surface area contributed by atoms with Gasteiger partial charge in [-0.05, 0) is 88.5 Å². The molecule has 1 aromatic heterocycles. The second kappa shape index (κ2) is 13.8. The minimum atomic E-state index is -1.04. The van der Waals surface area contributed by atoms with E-state index in [9.17, 15) is 14.7 Å². The van der Waals surface area contributed by atoms with Gasteiger partial charge in [0.2, 0.25) is 5.89 Å². The Balaban J connectivity index is 0.00000336. The molecule has 3 saturated heterocycles. The molecule has 3 aliphatic heterocycles. The molecule has 1 aromatic carbocycles. The minimum Gasteiger partial charge on any atom is -0.550 e. The van der Waals surface area contributed by atoms with Crippen molar-refractivity contribution in [3.05, 3.63) is 53.2 Å². The van der Waals surface area contributed by atoms with Gasteiger partial charge in [0.25, 0.3) is 5.91 Å². The van der Waals surface area contributed by atoms with E-state index in [-0.39, 0.29) is 55.2 Å². The number of hydrogen-bond donors (Lipinski definition) is 1. The molecule has 2 bridgehead atoms. The van der Waals surface area contributed by atoms with Gasteiger partial charge in [0.05, 0.1) is 18.1 Å². The third-order valence-corrected chi connectivity index (χ3v) is 8.27. The second-order valence-electron chi connectivity index (χ2n) is 10.8. The number of fused-ring (bicyclic) bond motifs is 2. The molecule has 0 spiro atoms. The number of aryl methyl sites for hydroxylation is 1. The molecule has 4 heterocycles. The molecule has 2 aromatic rings. The van der Waals surface area contributed by atoms with Crippen molar-refractivity contribution < 1.29 is 42.7 Å². The number of nitrogens with one attached hydrogen (secondary N) is 1. The zero-order valence-electron chi connectivity index (χ0n) is 22.5. The van der Waals surface area contributed by atoms with E-state index in [4.69, 9.17) is 9.15 Å². The van der Waals surface area contributed by atoms with Crippen LogP contribution in [0.4, 0.5) is 0 Å². The molecule has 38 heavy (non-hydrogen) atoms. The monoisotopic (exact) mass is 515 g/mol. The maximum Gasteiger partial charge on any atom is 1.00 e. The molecule has 5 rings (SSSR count). The number of carbonyl (C=O) groups is 2. The molecule has 3 fully saturated rings. The van der Waals surface area contributed by atoms with Crippen molar-refractivity contribution in [3.63, 3.8) is 0 Å². The Morgan fingerprint density at radius 1 is 1.05 bits per heavy atom. The van der Waals surface area contributed by atoms with E-state index in [1.54, 1.807) is 0 Å². The first-order chi connectivity index (χ1) is 18.1. The molecule has 0 saturated carbocycles. The molecule has 8 nitrogen and oxygen atoms in total. The van der Waals surface area contributed by atoms with Crippen LogP contribution in [-0.4, -0.2) is 60.1 Å². The molecule has 200 valence electrons. The number of hydrogen-bond acceptors (Lipinski definition) is 7. The van der Waals surface area contributed by atoms with Crippen LogP contribution < -0.4 is 29.3 Å². The Bertz CT molecular complexity index is 1070. The summed E-state index contributed by atoms with van der Waals surface area (Å²) in [4.78, 5) is 30.8. The third kappa shape index (κ3) is 7.09. The predicted molar refractivity (Wildman–Crippen MR) is 136 cm³/mol. The maximum absolute atomic E-state index is 12.7. The molecule has 0 unspecified atom stereocenters. The van der Waals surface area contributed by atoms with E-state index in [1.165, 1.54) is 38.6 Å². The number of unbranched alkanes of at least 4 members (excludes halogenated alkanes) is 1. The van der Waals surface area contributed by atoms with Crippen molar-refractivity contribution >= 4 is 11.9 Å². The van der Waals surface area contributed by atoms with Crippen molar-refractivity contribution in [2.45, 2.75) is 82.3 Å². The summed E-state index contributed by atoms with van der Waals surface area (Å²) in [5.41, 5.74) is 2.48. The summed E-state index contributed by atoms with van der Waals surface area (Å²) in [5, 5.41) is 14.0. The van der Waals surface area contributed by atoms with Gasteiger partial charge < -0.3 is 29.3 Å². The SMILES string of the molecule is O=C([O-])CCc1ccccc1C[C@@H]1[C@H](c2nc(C(=O)NCCCCN3CCCCC3)co2)[C@H]2CC[C@@H]1O2.[Li+]. The van der Waals surface area contributed by atoms with Crippen LogP contribution in [-0.2, 0) is 22.4 Å². The smallest absolute Gasteiger partial charge is 0.550 e. The number of carboxylic acid groups (broad SMARTS) is 1. The number of carbonyl (C=O) groups excluding carboxylic acids is 2. The number of oxazole rings is 1. The fraction of sp³-hybridized carbons (Fsp3) is 0.621. The van der Waals surface area contributed by atoms with Crippen molar-refractivity contribution in [1.82, 2.24) is 15.2 Å². The normalized spacial score (nSPS) is 24.7. The number of aliphatic carboxylic acids is 1. The van der Waals surface area contributed by atoms with Gasteiger partial charge in [0.15, 0.2) is 5.69 Å². The summed E-state index contributed by atoms with van der Waals surface area (Å²) < 4.78 is 12.1. The minimum absolute atomic E-state index is 0.